The number of nitrogens with zero attached hydrogens (tertiary/aromatic N) is 4. The van der Waals surface area contributed by atoms with Crippen molar-refractivity contribution in [1.82, 2.24) is 18.9 Å². The van der Waals surface area contributed by atoms with E-state index in [0.717, 1.165) is 42.4 Å². The maximum absolute atomic E-state index is 14.8. The summed E-state index contributed by atoms with van der Waals surface area (Å²) in [5.41, 5.74) is 3.00. The molecule has 252 valence electrons. The van der Waals surface area contributed by atoms with E-state index < -0.39 is 5.60 Å². The molecule has 1 saturated carbocycles. The van der Waals surface area contributed by atoms with Gasteiger partial charge in [0, 0.05) is 31.7 Å². The third-order valence-electron chi connectivity index (χ3n) is 9.13. The van der Waals surface area contributed by atoms with Crippen molar-refractivity contribution >= 4 is 12.0 Å². The lowest BCUT2D eigenvalue weighted by atomic mass is 9.91. The molecule has 0 bridgehead atoms. The summed E-state index contributed by atoms with van der Waals surface area (Å²) >= 11 is 0. The largest absolute Gasteiger partial charge is 0.444 e. The molecule has 4 aromatic rings. The predicted molar refractivity (Wildman–Crippen MR) is 186 cm³/mol. The van der Waals surface area contributed by atoms with Gasteiger partial charge in [0.2, 0.25) is 0 Å². The van der Waals surface area contributed by atoms with Gasteiger partial charge in [0.05, 0.1) is 31.0 Å². The van der Waals surface area contributed by atoms with Gasteiger partial charge in [0.25, 0.3) is 5.91 Å². The van der Waals surface area contributed by atoms with Gasteiger partial charge in [-0.3, -0.25) is 13.9 Å². The van der Waals surface area contributed by atoms with Crippen LogP contribution < -0.4 is 5.69 Å². The Kier molecular flexibility index (Phi) is 10.2. The monoisotopic (exact) mass is 650 g/mol. The van der Waals surface area contributed by atoms with Gasteiger partial charge >= 0.3 is 11.8 Å². The van der Waals surface area contributed by atoms with E-state index in [4.69, 9.17) is 9.47 Å². The van der Waals surface area contributed by atoms with Gasteiger partial charge in [0.1, 0.15) is 11.3 Å². The summed E-state index contributed by atoms with van der Waals surface area (Å²) in [4.78, 5) is 45.7. The van der Waals surface area contributed by atoms with Crippen molar-refractivity contribution in [2.45, 2.75) is 77.4 Å². The second-order valence-electron chi connectivity index (χ2n) is 13.7. The summed E-state index contributed by atoms with van der Waals surface area (Å²) in [6.07, 6.45) is 3.02. The molecule has 9 heteroatoms. The minimum Gasteiger partial charge on any atom is -0.444 e. The summed E-state index contributed by atoms with van der Waals surface area (Å²) in [5.74, 6) is -0.220. The van der Waals surface area contributed by atoms with Crippen molar-refractivity contribution in [2.75, 3.05) is 26.2 Å². The van der Waals surface area contributed by atoms with Gasteiger partial charge in [-0.2, -0.15) is 0 Å². The van der Waals surface area contributed by atoms with E-state index in [1.54, 1.807) is 14.4 Å². The summed E-state index contributed by atoms with van der Waals surface area (Å²) in [7, 11) is 0. The lowest BCUT2D eigenvalue weighted by Gasteiger charge is -2.36. The Morgan fingerprint density at radius 1 is 0.750 bits per heavy atom. The lowest BCUT2D eigenvalue weighted by Crippen LogP contribution is -2.52. The molecule has 1 aliphatic heterocycles. The molecule has 2 heterocycles. The number of benzene rings is 3. The van der Waals surface area contributed by atoms with Crippen molar-refractivity contribution in [3.63, 3.8) is 0 Å². The van der Waals surface area contributed by atoms with Crippen LogP contribution in [0, 0.1) is 0 Å². The number of ether oxygens (including phenoxy) is 2. The van der Waals surface area contributed by atoms with Crippen LogP contribution in [0.4, 0.5) is 4.79 Å². The first-order valence-corrected chi connectivity index (χ1v) is 17.1. The van der Waals surface area contributed by atoms with E-state index in [1.165, 1.54) is 0 Å². The van der Waals surface area contributed by atoms with Crippen LogP contribution in [0.15, 0.2) is 95.8 Å². The van der Waals surface area contributed by atoms with Gasteiger partial charge in [-0.15, -0.1) is 0 Å². The number of imidazole rings is 1. The fraction of sp³-hybridized carbons (Fsp3) is 0.410. The second-order valence-corrected chi connectivity index (χ2v) is 13.7. The van der Waals surface area contributed by atoms with Crippen LogP contribution >= 0.6 is 0 Å². The molecule has 2 amide bonds. The number of carbonyl (C=O) groups is 2. The highest BCUT2D eigenvalue weighted by molar-refractivity contribution is 5.99. The summed E-state index contributed by atoms with van der Waals surface area (Å²) < 4.78 is 15.7. The van der Waals surface area contributed by atoms with E-state index in [0.29, 0.717) is 44.2 Å². The van der Waals surface area contributed by atoms with E-state index in [-0.39, 0.29) is 36.4 Å². The molecule has 1 aliphatic carbocycles. The van der Waals surface area contributed by atoms with Crippen LogP contribution in [0.25, 0.3) is 11.3 Å². The van der Waals surface area contributed by atoms with Crippen LogP contribution in [0.5, 0.6) is 0 Å². The van der Waals surface area contributed by atoms with Crippen LogP contribution in [-0.2, 0) is 22.6 Å². The molecule has 0 spiro atoms. The molecule has 1 aromatic heterocycles. The fourth-order valence-electron chi connectivity index (χ4n) is 6.79. The zero-order chi connectivity index (χ0) is 33.7. The van der Waals surface area contributed by atoms with Gasteiger partial charge in [-0.1, -0.05) is 104 Å². The summed E-state index contributed by atoms with van der Waals surface area (Å²) in [5, 5.41) is 0. The van der Waals surface area contributed by atoms with Gasteiger partial charge in [-0.05, 0) is 44.7 Å². The van der Waals surface area contributed by atoms with Crippen molar-refractivity contribution in [3.05, 3.63) is 118 Å². The first-order valence-electron chi connectivity index (χ1n) is 17.1. The standard InChI is InChI=1S/C39H46N4O5/c1-39(2,3)48-38(46)41-25-23-40(24-26-41)36(44)35-34(31-19-11-6-12-20-31)43(37(45)42(35)27-29-15-7-4-8-16-29)32-21-13-14-22-33(32)47-28-30-17-9-5-10-18-30/h4-12,15-20,32-33H,13-14,21-28H2,1-3H3/t32-,33-/m1/s1. The van der Waals surface area contributed by atoms with Gasteiger partial charge in [0.15, 0.2) is 0 Å². The number of hydrogen-bond donors (Lipinski definition) is 0. The molecule has 6 rings (SSSR count). The van der Waals surface area contributed by atoms with Crippen molar-refractivity contribution < 1.29 is 19.1 Å². The Balaban J connectivity index is 1.41. The molecule has 2 fully saturated rings. The quantitative estimate of drug-likeness (QED) is 0.211. The molecule has 2 atom stereocenters. The number of amides is 2. The van der Waals surface area contributed by atoms with Crippen LogP contribution in [0.1, 0.15) is 74.1 Å². The number of carbonyl (C=O) groups excluding carboxylic acids is 2. The minimum absolute atomic E-state index is 0.188. The van der Waals surface area contributed by atoms with Crippen LogP contribution in [0.3, 0.4) is 0 Å². The Hall–Kier alpha value is -4.63. The molecule has 0 radical (unpaired) electrons. The molecule has 1 saturated heterocycles. The highest BCUT2D eigenvalue weighted by Crippen LogP contribution is 2.36. The maximum atomic E-state index is 14.8. The molecular weight excluding hydrogens is 604 g/mol. The molecular formula is C39H46N4O5. The Labute approximate surface area is 282 Å². The lowest BCUT2D eigenvalue weighted by molar-refractivity contribution is -0.0168. The minimum atomic E-state index is -0.604. The molecule has 9 nitrogen and oxygen atoms in total. The first kappa shape index (κ1) is 33.3. The average molecular weight is 651 g/mol. The topological polar surface area (TPSA) is 86.0 Å². The zero-order valence-electron chi connectivity index (χ0n) is 28.2. The van der Waals surface area contributed by atoms with Crippen molar-refractivity contribution in [3.8, 4) is 11.3 Å². The third kappa shape index (κ3) is 7.57. The van der Waals surface area contributed by atoms with Crippen molar-refractivity contribution in [2.24, 2.45) is 0 Å². The first-order chi connectivity index (χ1) is 23.2. The fourth-order valence-corrected chi connectivity index (χ4v) is 6.79. The van der Waals surface area contributed by atoms with Crippen LogP contribution in [0.2, 0.25) is 0 Å². The molecule has 0 unspecified atom stereocenters. The van der Waals surface area contributed by atoms with E-state index >= 15 is 0 Å². The van der Waals surface area contributed by atoms with Gasteiger partial charge < -0.3 is 19.3 Å². The average Bonchev–Trinajstić information content (AvgIpc) is 3.38. The molecule has 0 N–H and O–H groups in total. The molecule has 2 aliphatic rings. The number of rotatable bonds is 8. The summed E-state index contributed by atoms with van der Waals surface area (Å²) in [6, 6.07) is 29.4. The predicted octanol–water partition coefficient (Wildman–Crippen LogP) is 6.76. The van der Waals surface area contributed by atoms with Crippen LogP contribution in [-0.4, -0.2) is 68.8 Å². The second kappa shape index (κ2) is 14.6. The van der Waals surface area contributed by atoms with E-state index in [1.807, 2.05) is 104 Å². The molecule has 48 heavy (non-hydrogen) atoms. The Morgan fingerprint density at radius 3 is 1.94 bits per heavy atom. The van der Waals surface area contributed by atoms with E-state index in [9.17, 15) is 14.4 Å². The SMILES string of the molecule is CC(C)(C)OC(=O)N1CCN(C(=O)c2c(-c3ccccc3)n([C@@H]3CCCC[C@H]3OCc3ccccc3)c(=O)n2Cc2ccccc2)CC1. The number of aromatic nitrogens is 2. The summed E-state index contributed by atoms with van der Waals surface area (Å²) in [6.45, 7) is 7.62. The zero-order valence-corrected chi connectivity index (χ0v) is 28.2. The van der Waals surface area contributed by atoms with E-state index in [2.05, 4.69) is 12.1 Å². The Bertz CT molecular complexity index is 1740. The normalized spacial score (nSPS) is 18.5. The molecule has 3 aromatic carbocycles. The van der Waals surface area contributed by atoms with Crippen molar-refractivity contribution in [1.29, 1.82) is 0 Å². The smallest absolute Gasteiger partial charge is 0.410 e. The highest BCUT2D eigenvalue weighted by Gasteiger charge is 2.37. The Morgan fingerprint density at radius 2 is 1.31 bits per heavy atom. The number of hydrogen-bond acceptors (Lipinski definition) is 5. The number of piperazine rings is 1. The maximum Gasteiger partial charge on any atom is 0.410 e. The third-order valence-corrected chi connectivity index (χ3v) is 9.13. The van der Waals surface area contributed by atoms with Gasteiger partial charge in [-0.25, -0.2) is 9.59 Å². The highest BCUT2D eigenvalue weighted by atomic mass is 16.6.